The Bertz CT molecular complexity index is 564. The van der Waals surface area contributed by atoms with Gasteiger partial charge in [-0.25, -0.2) is 4.98 Å². The predicted octanol–water partition coefficient (Wildman–Crippen LogP) is 3.52. The minimum Gasteiger partial charge on any atom is -0.326 e. The fourth-order valence-electron chi connectivity index (χ4n) is 2.85. The van der Waals surface area contributed by atoms with E-state index in [-0.39, 0.29) is 0 Å². The number of benzene rings is 1. The Labute approximate surface area is 118 Å². The summed E-state index contributed by atoms with van der Waals surface area (Å²) in [4.78, 5) is 4.33. The third kappa shape index (κ3) is 2.53. The van der Waals surface area contributed by atoms with Crippen LogP contribution in [0, 0.1) is 0 Å². The van der Waals surface area contributed by atoms with Gasteiger partial charge in [0.1, 0.15) is 0 Å². The second-order valence-electron chi connectivity index (χ2n) is 5.15. The maximum Gasteiger partial charge on any atom is 0.0954 e. The van der Waals surface area contributed by atoms with E-state index in [1.165, 1.54) is 12.8 Å². The summed E-state index contributed by atoms with van der Waals surface area (Å²) in [5.41, 5.74) is 2.27. The molecule has 0 saturated carbocycles. The van der Waals surface area contributed by atoms with Crippen LogP contribution in [0.5, 0.6) is 0 Å². The first-order valence-corrected chi connectivity index (χ1v) is 7.14. The fraction of sp³-hybridized carbons (Fsp3) is 0.400. The number of nitrogens with zero attached hydrogens (tertiary/aromatic N) is 2. The molecular formula is C15H18ClN3. The van der Waals surface area contributed by atoms with Crippen LogP contribution < -0.4 is 5.32 Å². The lowest BCUT2D eigenvalue weighted by molar-refractivity contribution is 0.297. The Morgan fingerprint density at radius 1 is 1.42 bits per heavy atom. The normalized spacial score (nSPS) is 23.5. The molecular weight excluding hydrogens is 258 g/mol. The lowest BCUT2D eigenvalue weighted by Crippen LogP contribution is -2.40. The highest BCUT2D eigenvalue weighted by molar-refractivity contribution is 6.30. The van der Waals surface area contributed by atoms with Gasteiger partial charge in [-0.3, -0.25) is 0 Å². The van der Waals surface area contributed by atoms with E-state index in [0.717, 1.165) is 22.8 Å². The molecule has 2 aromatic rings. The number of aromatic nitrogens is 2. The van der Waals surface area contributed by atoms with Gasteiger partial charge in [0.25, 0.3) is 0 Å². The number of imidazole rings is 1. The van der Waals surface area contributed by atoms with Gasteiger partial charge in [0.15, 0.2) is 0 Å². The maximum atomic E-state index is 6.09. The third-order valence-corrected chi connectivity index (χ3v) is 4.10. The quantitative estimate of drug-likeness (QED) is 0.909. The van der Waals surface area contributed by atoms with Gasteiger partial charge in [-0.2, -0.15) is 0 Å². The molecule has 0 radical (unpaired) electrons. The Kier molecular flexibility index (Phi) is 3.58. The highest BCUT2D eigenvalue weighted by Gasteiger charge is 2.24. The number of nitrogens with one attached hydrogen (secondary N) is 1. The zero-order valence-electron chi connectivity index (χ0n) is 11.0. The molecule has 3 rings (SSSR count). The standard InChI is InChI=1S/C15H18ClN3/c1-11-14(6-3-7-18-11)19-10-17-9-15(19)12-4-2-5-13(16)8-12/h2,4-5,8-11,14,18H,3,6-7H2,1H3. The van der Waals surface area contributed by atoms with Crippen LogP contribution in [0.2, 0.25) is 5.02 Å². The zero-order valence-corrected chi connectivity index (χ0v) is 11.8. The molecule has 0 spiro atoms. The van der Waals surface area contributed by atoms with E-state index in [9.17, 15) is 0 Å². The molecule has 1 aromatic heterocycles. The lowest BCUT2D eigenvalue weighted by Gasteiger charge is -2.32. The second-order valence-corrected chi connectivity index (χ2v) is 5.59. The van der Waals surface area contributed by atoms with Crippen LogP contribution in [0.1, 0.15) is 25.8 Å². The van der Waals surface area contributed by atoms with Gasteiger partial charge in [0.2, 0.25) is 0 Å². The molecule has 0 amide bonds. The van der Waals surface area contributed by atoms with Gasteiger partial charge in [0.05, 0.1) is 24.3 Å². The monoisotopic (exact) mass is 275 g/mol. The van der Waals surface area contributed by atoms with Crippen molar-refractivity contribution in [1.82, 2.24) is 14.9 Å². The van der Waals surface area contributed by atoms with Crippen LogP contribution >= 0.6 is 11.6 Å². The molecule has 1 saturated heterocycles. The molecule has 2 unspecified atom stereocenters. The smallest absolute Gasteiger partial charge is 0.0954 e. The van der Waals surface area contributed by atoms with Crippen LogP contribution in [0.15, 0.2) is 36.8 Å². The first kappa shape index (κ1) is 12.7. The minimum absolute atomic E-state index is 0.463. The lowest BCUT2D eigenvalue weighted by atomic mass is 9.99. The highest BCUT2D eigenvalue weighted by Crippen LogP contribution is 2.29. The molecule has 2 heterocycles. The van der Waals surface area contributed by atoms with Crippen molar-refractivity contribution >= 4 is 11.6 Å². The molecule has 1 aliphatic heterocycles. The van der Waals surface area contributed by atoms with E-state index in [4.69, 9.17) is 11.6 Å². The Morgan fingerprint density at radius 3 is 3.11 bits per heavy atom. The molecule has 0 aliphatic carbocycles. The van der Waals surface area contributed by atoms with Gasteiger partial charge in [-0.15, -0.1) is 0 Å². The number of hydrogen-bond acceptors (Lipinski definition) is 2. The summed E-state index contributed by atoms with van der Waals surface area (Å²) in [6.45, 7) is 3.35. The molecule has 1 aliphatic rings. The van der Waals surface area contributed by atoms with Crippen molar-refractivity contribution in [3.63, 3.8) is 0 Å². The molecule has 100 valence electrons. The predicted molar refractivity (Wildman–Crippen MR) is 78.4 cm³/mol. The van der Waals surface area contributed by atoms with Gasteiger partial charge < -0.3 is 9.88 Å². The number of piperidine rings is 1. The third-order valence-electron chi connectivity index (χ3n) is 3.86. The Morgan fingerprint density at radius 2 is 2.32 bits per heavy atom. The summed E-state index contributed by atoms with van der Waals surface area (Å²) in [6.07, 6.45) is 6.26. The Balaban J connectivity index is 1.98. The summed E-state index contributed by atoms with van der Waals surface area (Å²) in [5, 5.41) is 4.30. The first-order valence-electron chi connectivity index (χ1n) is 6.77. The van der Waals surface area contributed by atoms with Crippen molar-refractivity contribution in [2.75, 3.05) is 6.54 Å². The molecule has 4 heteroatoms. The van der Waals surface area contributed by atoms with Crippen LogP contribution in [0.25, 0.3) is 11.3 Å². The van der Waals surface area contributed by atoms with Crippen LogP contribution in [0.3, 0.4) is 0 Å². The van der Waals surface area contributed by atoms with Crippen molar-refractivity contribution in [2.24, 2.45) is 0 Å². The van der Waals surface area contributed by atoms with E-state index >= 15 is 0 Å². The van der Waals surface area contributed by atoms with E-state index in [0.29, 0.717) is 12.1 Å². The van der Waals surface area contributed by atoms with Crippen molar-refractivity contribution in [1.29, 1.82) is 0 Å². The largest absolute Gasteiger partial charge is 0.326 e. The molecule has 19 heavy (non-hydrogen) atoms. The SMILES string of the molecule is CC1NCCCC1n1cncc1-c1cccc(Cl)c1. The van der Waals surface area contributed by atoms with Crippen molar-refractivity contribution < 1.29 is 0 Å². The topological polar surface area (TPSA) is 29.9 Å². The van der Waals surface area contributed by atoms with Gasteiger partial charge >= 0.3 is 0 Å². The number of hydrogen-bond donors (Lipinski definition) is 1. The van der Waals surface area contributed by atoms with Gasteiger partial charge in [-0.1, -0.05) is 23.7 Å². The maximum absolute atomic E-state index is 6.09. The molecule has 1 N–H and O–H groups in total. The molecule has 2 atom stereocenters. The Hall–Kier alpha value is -1.32. The van der Waals surface area contributed by atoms with E-state index in [1.807, 2.05) is 30.7 Å². The average Bonchev–Trinajstić information content (AvgIpc) is 2.88. The fourth-order valence-corrected chi connectivity index (χ4v) is 3.04. The summed E-state index contributed by atoms with van der Waals surface area (Å²) in [7, 11) is 0. The van der Waals surface area contributed by atoms with Crippen LogP contribution in [0.4, 0.5) is 0 Å². The van der Waals surface area contributed by atoms with Crippen molar-refractivity contribution in [2.45, 2.75) is 31.8 Å². The second kappa shape index (κ2) is 5.35. The minimum atomic E-state index is 0.463. The van der Waals surface area contributed by atoms with Crippen LogP contribution in [-0.2, 0) is 0 Å². The molecule has 1 fully saturated rings. The van der Waals surface area contributed by atoms with E-state index < -0.39 is 0 Å². The number of rotatable bonds is 2. The van der Waals surface area contributed by atoms with Gasteiger partial charge in [0, 0.05) is 16.6 Å². The molecule has 3 nitrogen and oxygen atoms in total. The average molecular weight is 276 g/mol. The van der Waals surface area contributed by atoms with Crippen LogP contribution in [-0.4, -0.2) is 22.1 Å². The summed E-state index contributed by atoms with van der Waals surface area (Å²) >= 11 is 6.09. The summed E-state index contributed by atoms with van der Waals surface area (Å²) in [6, 6.07) is 8.90. The summed E-state index contributed by atoms with van der Waals surface area (Å²) in [5.74, 6) is 0. The molecule has 1 aromatic carbocycles. The first-order chi connectivity index (χ1) is 9.25. The molecule has 0 bridgehead atoms. The van der Waals surface area contributed by atoms with Gasteiger partial charge in [-0.05, 0) is 38.4 Å². The zero-order chi connectivity index (χ0) is 13.2. The summed E-state index contributed by atoms with van der Waals surface area (Å²) < 4.78 is 2.28. The van der Waals surface area contributed by atoms with E-state index in [2.05, 4.69) is 27.9 Å². The highest BCUT2D eigenvalue weighted by atomic mass is 35.5. The van der Waals surface area contributed by atoms with E-state index in [1.54, 1.807) is 0 Å². The number of halogens is 1. The van der Waals surface area contributed by atoms with Crippen molar-refractivity contribution in [3.8, 4) is 11.3 Å². The van der Waals surface area contributed by atoms with Crippen molar-refractivity contribution in [3.05, 3.63) is 41.8 Å².